The molecule has 2 heterocycles. The van der Waals surface area contributed by atoms with E-state index in [9.17, 15) is 15.0 Å². The second-order valence-corrected chi connectivity index (χ2v) is 10.9. The van der Waals surface area contributed by atoms with Crippen LogP contribution in [0.2, 0.25) is 0 Å². The lowest BCUT2D eigenvalue weighted by atomic mass is 10.0. The van der Waals surface area contributed by atoms with Gasteiger partial charge < -0.3 is 20.8 Å². The number of carbonyl (C=O) groups is 1. The molecule has 0 spiro atoms. The molecule has 0 bridgehead atoms. The molecule has 4 N–H and O–H groups in total. The van der Waals surface area contributed by atoms with Gasteiger partial charge in [-0.1, -0.05) is 60.1 Å². The van der Waals surface area contributed by atoms with Crippen LogP contribution >= 0.6 is 11.8 Å². The molecule has 2 unspecified atom stereocenters. The Labute approximate surface area is 213 Å². The molecule has 6 rings (SSSR count). The van der Waals surface area contributed by atoms with E-state index < -0.39 is 24.2 Å². The van der Waals surface area contributed by atoms with Crippen LogP contribution in [-0.4, -0.2) is 71.6 Å². The largest absolute Gasteiger partial charge is 0.390 e. The van der Waals surface area contributed by atoms with E-state index in [0.717, 1.165) is 32.1 Å². The number of nitrogens with zero attached hydrogens (tertiary/aromatic N) is 5. The first-order valence-electron chi connectivity index (χ1n) is 12.7. The number of amides is 1. The van der Waals surface area contributed by atoms with Crippen molar-refractivity contribution in [2.75, 3.05) is 11.6 Å². The van der Waals surface area contributed by atoms with Gasteiger partial charge in [0.2, 0.25) is 5.91 Å². The second-order valence-electron chi connectivity index (χ2n) is 10.1. The monoisotopic (exact) mass is 509 g/mol. The van der Waals surface area contributed by atoms with Gasteiger partial charge in [0.25, 0.3) is 0 Å². The first kappa shape index (κ1) is 23.6. The van der Waals surface area contributed by atoms with Crippen molar-refractivity contribution < 1.29 is 15.0 Å². The third-order valence-electron chi connectivity index (χ3n) is 7.83. The topological polar surface area (TPSA) is 138 Å². The van der Waals surface area contributed by atoms with E-state index in [1.807, 2.05) is 24.5 Å². The molecule has 0 radical (unpaired) electrons. The van der Waals surface area contributed by atoms with Crippen LogP contribution in [0.3, 0.4) is 0 Å². The number of thioether (sulfide) groups is 1. The molecule has 3 saturated carbocycles. The maximum atomic E-state index is 12.9. The molecule has 190 valence electrons. The molecule has 1 amide bonds. The highest BCUT2D eigenvalue weighted by molar-refractivity contribution is 7.98. The highest BCUT2D eigenvalue weighted by Crippen LogP contribution is 2.43. The summed E-state index contributed by atoms with van der Waals surface area (Å²) < 4.78 is 1.56. The fraction of sp³-hybridized carbons (Fsp3) is 0.560. The Bertz CT molecular complexity index is 1250. The number of anilines is 1. The molecule has 3 aliphatic carbocycles. The van der Waals surface area contributed by atoms with Crippen LogP contribution in [0.25, 0.3) is 11.2 Å². The van der Waals surface area contributed by atoms with Crippen molar-refractivity contribution in [3.8, 4) is 0 Å². The molecule has 3 aliphatic rings. The van der Waals surface area contributed by atoms with E-state index in [2.05, 4.69) is 43.0 Å². The Morgan fingerprint density at radius 3 is 2.61 bits per heavy atom. The fourth-order valence-corrected chi connectivity index (χ4v) is 6.07. The SMILES string of the molecule is CSc1nc(NC2CC2c2ccccc2)c2nnn([C@H]3C[C@@H](C(=O)NC4CCCC4)[C@H](O)[C@@H]3O)c2n1. The summed E-state index contributed by atoms with van der Waals surface area (Å²) in [5.74, 6) is 0.114. The summed E-state index contributed by atoms with van der Waals surface area (Å²) >= 11 is 1.41. The van der Waals surface area contributed by atoms with E-state index in [4.69, 9.17) is 0 Å². The van der Waals surface area contributed by atoms with Crippen molar-refractivity contribution in [3.05, 3.63) is 35.9 Å². The van der Waals surface area contributed by atoms with Gasteiger partial charge in [0.05, 0.1) is 18.1 Å². The predicted octanol–water partition coefficient (Wildman–Crippen LogP) is 2.25. The number of carbonyl (C=O) groups excluding carboxylic acids is 1. The van der Waals surface area contributed by atoms with Crippen molar-refractivity contribution in [1.82, 2.24) is 30.3 Å². The van der Waals surface area contributed by atoms with Crippen LogP contribution in [0, 0.1) is 5.92 Å². The van der Waals surface area contributed by atoms with Gasteiger partial charge in [-0.05, 0) is 37.5 Å². The maximum Gasteiger partial charge on any atom is 0.226 e. The molecule has 2 aromatic heterocycles. The standard InChI is InChI=1S/C25H31N7O3S/c1-36-25-28-22(27-17-11-15(17)13-7-3-2-4-8-13)19-23(29-25)32(31-30-19)18-12-16(20(33)21(18)34)24(35)26-14-9-5-6-10-14/h2-4,7-8,14-18,20-21,33-34H,5-6,9-12H2,1H3,(H,26,35)(H,27,28,29)/t15?,16-,17?,18+,20+,21-/m1/s1. The molecule has 0 saturated heterocycles. The maximum absolute atomic E-state index is 12.9. The molecular weight excluding hydrogens is 478 g/mol. The average molecular weight is 510 g/mol. The first-order valence-corrected chi connectivity index (χ1v) is 13.9. The van der Waals surface area contributed by atoms with Gasteiger partial charge in [-0.3, -0.25) is 4.79 Å². The fourth-order valence-electron chi connectivity index (χ4n) is 5.71. The van der Waals surface area contributed by atoms with Crippen molar-refractivity contribution in [2.45, 2.75) is 79.9 Å². The van der Waals surface area contributed by atoms with Crippen molar-refractivity contribution in [1.29, 1.82) is 0 Å². The van der Waals surface area contributed by atoms with E-state index in [-0.39, 0.29) is 24.4 Å². The van der Waals surface area contributed by atoms with Gasteiger partial charge in [-0.15, -0.1) is 5.10 Å². The summed E-state index contributed by atoms with van der Waals surface area (Å²) in [5.41, 5.74) is 2.30. The van der Waals surface area contributed by atoms with Crippen molar-refractivity contribution in [2.24, 2.45) is 5.92 Å². The van der Waals surface area contributed by atoms with Crippen LogP contribution in [0.15, 0.2) is 35.5 Å². The minimum atomic E-state index is -1.17. The van der Waals surface area contributed by atoms with Crippen LogP contribution in [0.1, 0.15) is 56.0 Å². The van der Waals surface area contributed by atoms with Crippen LogP contribution in [0.5, 0.6) is 0 Å². The lowest BCUT2D eigenvalue weighted by molar-refractivity contribution is -0.129. The van der Waals surface area contributed by atoms with Gasteiger partial charge in [0.15, 0.2) is 22.1 Å². The molecular formula is C25H31N7O3S. The summed E-state index contributed by atoms with van der Waals surface area (Å²) in [6.45, 7) is 0. The van der Waals surface area contributed by atoms with Gasteiger partial charge >= 0.3 is 0 Å². The number of rotatable bonds is 7. The van der Waals surface area contributed by atoms with Crippen LogP contribution in [-0.2, 0) is 4.79 Å². The van der Waals surface area contributed by atoms with E-state index >= 15 is 0 Å². The van der Waals surface area contributed by atoms with Crippen molar-refractivity contribution in [3.63, 3.8) is 0 Å². The van der Waals surface area contributed by atoms with Gasteiger partial charge in [0.1, 0.15) is 6.10 Å². The predicted molar refractivity (Wildman–Crippen MR) is 136 cm³/mol. The molecule has 3 aromatic rings. The van der Waals surface area contributed by atoms with Gasteiger partial charge in [-0.25, -0.2) is 14.6 Å². The molecule has 1 aromatic carbocycles. The lowest BCUT2D eigenvalue weighted by Gasteiger charge is -2.19. The van der Waals surface area contributed by atoms with Gasteiger partial charge in [0, 0.05) is 18.0 Å². The number of fused-ring (bicyclic) bond motifs is 1. The third kappa shape index (κ3) is 4.33. The summed E-state index contributed by atoms with van der Waals surface area (Å²) in [6.07, 6.45) is 4.99. The normalized spacial score (nSPS) is 30.1. The highest BCUT2D eigenvalue weighted by Gasteiger charge is 2.47. The minimum Gasteiger partial charge on any atom is -0.390 e. The number of nitrogens with one attached hydrogen (secondary N) is 2. The lowest BCUT2D eigenvalue weighted by Crippen LogP contribution is -2.41. The van der Waals surface area contributed by atoms with Crippen molar-refractivity contribution >= 4 is 34.7 Å². The van der Waals surface area contributed by atoms with E-state index in [0.29, 0.717) is 28.1 Å². The Morgan fingerprint density at radius 2 is 1.86 bits per heavy atom. The zero-order chi connectivity index (χ0) is 24.8. The summed E-state index contributed by atoms with van der Waals surface area (Å²) in [6, 6.07) is 10.2. The quantitative estimate of drug-likeness (QED) is 0.279. The number of hydrogen-bond acceptors (Lipinski definition) is 9. The summed E-state index contributed by atoms with van der Waals surface area (Å²) in [5, 5.41) is 37.4. The first-order chi connectivity index (χ1) is 17.5. The number of benzene rings is 1. The Morgan fingerprint density at radius 1 is 1.08 bits per heavy atom. The Balaban J connectivity index is 1.24. The molecule has 36 heavy (non-hydrogen) atoms. The third-order valence-corrected chi connectivity index (χ3v) is 8.38. The smallest absolute Gasteiger partial charge is 0.226 e. The zero-order valence-corrected chi connectivity index (χ0v) is 20.9. The Kier molecular flexibility index (Phi) is 6.30. The number of aliphatic hydroxyl groups is 2. The van der Waals surface area contributed by atoms with Crippen LogP contribution in [0.4, 0.5) is 5.82 Å². The molecule has 11 heteroatoms. The molecule has 6 atom stereocenters. The van der Waals surface area contributed by atoms with Gasteiger partial charge in [-0.2, -0.15) is 0 Å². The number of aromatic nitrogens is 5. The van der Waals surface area contributed by atoms with Crippen LogP contribution < -0.4 is 10.6 Å². The summed E-state index contributed by atoms with van der Waals surface area (Å²) in [4.78, 5) is 22.2. The molecule has 0 aliphatic heterocycles. The molecule has 3 fully saturated rings. The Hall–Kier alpha value is -2.76. The highest BCUT2D eigenvalue weighted by atomic mass is 32.2. The number of aliphatic hydroxyl groups excluding tert-OH is 2. The minimum absolute atomic E-state index is 0.153. The average Bonchev–Trinajstić information content (AvgIpc) is 3.19. The second kappa shape index (κ2) is 9.60. The molecule has 10 nitrogen and oxygen atoms in total. The number of hydrogen-bond donors (Lipinski definition) is 4. The van der Waals surface area contributed by atoms with E-state index in [1.165, 1.54) is 17.3 Å². The summed E-state index contributed by atoms with van der Waals surface area (Å²) in [7, 11) is 0. The van der Waals surface area contributed by atoms with E-state index in [1.54, 1.807) is 4.68 Å². The zero-order valence-electron chi connectivity index (χ0n) is 20.1.